The summed E-state index contributed by atoms with van der Waals surface area (Å²) in [4.78, 5) is 15.6. The Labute approximate surface area is 86.2 Å². The number of hydrogen-bond donors (Lipinski definition) is 1. The highest BCUT2D eigenvalue weighted by Gasteiger charge is 2.08. The number of fused-ring (bicyclic) bond motifs is 1. The quantitative estimate of drug-likeness (QED) is 0.555. The van der Waals surface area contributed by atoms with Gasteiger partial charge in [0.1, 0.15) is 0 Å². The van der Waals surface area contributed by atoms with E-state index in [-0.39, 0.29) is 0 Å². The van der Waals surface area contributed by atoms with E-state index in [9.17, 15) is 4.79 Å². The van der Waals surface area contributed by atoms with Crippen LogP contribution in [-0.2, 0) is 0 Å². The van der Waals surface area contributed by atoms with Crippen molar-refractivity contribution in [3.63, 3.8) is 0 Å². The van der Waals surface area contributed by atoms with E-state index >= 15 is 0 Å². The number of hydrogen-bond acceptors (Lipinski definition) is 3. The van der Waals surface area contributed by atoms with Gasteiger partial charge in [-0.15, -0.1) is 0 Å². The van der Waals surface area contributed by atoms with Crippen LogP contribution in [0.1, 0.15) is 10.4 Å². The molecule has 0 bridgehead atoms. The van der Waals surface area contributed by atoms with Crippen LogP contribution in [-0.4, -0.2) is 10.9 Å². The molecule has 0 saturated carbocycles. The lowest BCUT2D eigenvalue weighted by Gasteiger charge is -2.02. The Morgan fingerprint density at radius 3 is 2.93 bits per heavy atom. The molecule has 0 aliphatic heterocycles. The Balaban J connectivity index is 2.62. The molecule has 72 valence electrons. The van der Waals surface area contributed by atoms with Crippen molar-refractivity contribution < 1.29 is 4.79 Å². The largest absolute Gasteiger partial charge is 0.268 e. The summed E-state index contributed by atoms with van der Waals surface area (Å²) in [6.07, 6.45) is 3.16. The molecule has 4 nitrogen and oxygen atoms in total. The smallest absolute Gasteiger partial charge is 0.265 e. The van der Waals surface area contributed by atoms with Gasteiger partial charge in [0.25, 0.3) is 5.91 Å². The van der Waals surface area contributed by atoms with E-state index in [1.807, 2.05) is 18.2 Å². The van der Waals surface area contributed by atoms with Gasteiger partial charge < -0.3 is 0 Å². The Hall–Kier alpha value is -2.41. The fourth-order valence-electron chi connectivity index (χ4n) is 1.41. The Kier molecular flexibility index (Phi) is 2.30. The molecule has 0 radical (unpaired) electrons. The molecule has 0 atom stereocenters. The number of carbonyl (C=O) groups is 1. The number of nitriles is 1. The highest BCUT2D eigenvalue weighted by molar-refractivity contribution is 6.06. The molecule has 1 heterocycles. The number of rotatable bonds is 1. The number of amides is 1. The average Bonchev–Trinajstić information content (AvgIpc) is 2.28. The summed E-state index contributed by atoms with van der Waals surface area (Å²) in [5, 5.41) is 11.2. The second-order valence-corrected chi connectivity index (χ2v) is 2.94. The zero-order valence-electron chi connectivity index (χ0n) is 7.77. The van der Waals surface area contributed by atoms with Crippen molar-refractivity contribution in [2.75, 3.05) is 0 Å². The van der Waals surface area contributed by atoms with Crippen LogP contribution in [0, 0.1) is 11.5 Å². The summed E-state index contributed by atoms with van der Waals surface area (Å²) < 4.78 is 0. The van der Waals surface area contributed by atoms with Crippen LogP contribution in [0.15, 0.2) is 36.5 Å². The summed E-state index contributed by atoms with van der Waals surface area (Å²) in [6.45, 7) is 0. The van der Waals surface area contributed by atoms with Crippen LogP contribution < -0.4 is 5.32 Å². The lowest BCUT2D eigenvalue weighted by Crippen LogP contribution is -2.17. The maximum Gasteiger partial charge on any atom is 0.265 e. The van der Waals surface area contributed by atoms with Gasteiger partial charge in [0.2, 0.25) is 0 Å². The second kappa shape index (κ2) is 3.76. The van der Waals surface area contributed by atoms with Crippen molar-refractivity contribution >= 4 is 16.8 Å². The number of nitrogens with zero attached hydrogens (tertiary/aromatic N) is 2. The monoisotopic (exact) mass is 197 g/mol. The SMILES string of the molecule is N#CNC(=O)c1ccnc2ccccc12. The molecule has 1 aromatic heterocycles. The zero-order chi connectivity index (χ0) is 10.7. The Bertz CT molecular complexity index is 552. The molecule has 4 heteroatoms. The summed E-state index contributed by atoms with van der Waals surface area (Å²) in [5.74, 6) is -0.406. The second-order valence-electron chi connectivity index (χ2n) is 2.94. The third-order valence-electron chi connectivity index (χ3n) is 2.06. The predicted octanol–water partition coefficient (Wildman–Crippen LogP) is 1.45. The molecule has 0 unspecified atom stereocenters. The summed E-state index contributed by atoms with van der Waals surface area (Å²) in [5.41, 5.74) is 1.20. The average molecular weight is 197 g/mol. The maximum absolute atomic E-state index is 11.5. The van der Waals surface area contributed by atoms with Crippen molar-refractivity contribution in [2.45, 2.75) is 0 Å². The number of benzene rings is 1. The lowest BCUT2D eigenvalue weighted by molar-refractivity contribution is 0.0974. The third-order valence-corrected chi connectivity index (χ3v) is 2.06. The molecule has 1 aromatic carbocycles. The van der Waals surface area contributed by atoms with Gasteiger partial charge in [-0.25, -0.2) is 0 Å². The van der Waals surface area contributed by atoms with Crippen molar-refractivity contribution in [3.8, 4) is 6.19 Å². The zero-order valence-corrected chi connectivity index (χ0v) is 7.77. The van der Waals surface area contributed by atoms with Gasteiger partial charge in [0.15, 0.2) is 6.19 Å². The van der Waals surface area contributed by atoms with E-state index in [0.717, 1.165) is 10.9 Å². The first-order valence-electron chi connectivity index (χ1n) is 4.36. The third kappa shape index (κ3) is 1.63. The summed E-state index contributed by atoms with van der Waals surface area (Å²) >= 11 is 0. The van der Waals surface area contributed by atoms with Crippen molar-refractivity contribution in [2.24, 2.45) is 0 Å². The minimum atomic E-state index is -0.406. The lowest BCUT2D eigenvalue weighted by atomic mass is 10.1. The minimum Gasteiger partial charge on any atom is -0.268 e. The van der Waals surface area contributed by atoms with Gasteiger partial charge in [0, 0.05) is 11.6 Å². The van der Waals surface area contributed by atoms with Crippen LogP contribution in [0.5, 0.6) is 0 Å². The minimum absolute atomic E-state index is 0.406. The highest BCUT2D eigenvalue weighted by atomic mass is 16.1. The van der Waals surface area contributed by atoms with Crippen LogP contribution in [0.3, 0.4) is 0 Å². The Morgan fingerprint density at radius 1 is 1.33 bits per heavy atom. The number of aromatic nitrogens is 1. The first-order valence-corrected chi connectivity index (χ1v) is 4.36. The highest BCUT2D eigenvalue weighted by Crippen LogP contribution is 2.15. The number of carbonyl (C=O) groups excluding carboxylic acids is 1. The van der Waals surface area contributed by atoms with E-state index in [2.05, 4.69) is 10.3 Å². The van der Waals surface area contributed by atoms with Crippen molar-refractivity contribution in [1.29, 1.82) is 5.26 Å². The molecule has 0 aliphatic rings. The first-order chi connectivity index (χ1) is 7.33. The van der Waals surface area contributed by atoms with Gasteiger partial charge in [0.05, 0.1) is 11.1 Å². The number of para-hydroxylation sites is 1. The summed E-state index contributed by atoms with van der Waals surface area (Å²) in [6, 6.07) is 8.89. The van der Waals surface area contributed by atoms with Gasteiger partial charge in [-0.05, 0) is 12.1 Å². The molecule has 0 spiro atoms. The van der Waals surface area contributed by atoms with Gasteiger partial charge in [-0.2, -0.15) is 5.26 Å². The fourth-order valence-corrected chi connectivity index (χ4v) is 1.41. The van der Waals surface area contributed by atoms with E-state index in [1.54, 1.807) is 24.5 Å². The van der Waals surface area contributed by atoms with Gasteiger partial charge in [-0.1, -0.05) is 18.2 Å². The van der Waals surface area contributed by atoms with Crippen LogP contribution in [0.2, 0.25) is 0 Å². The molecule has 0 saturated heterocycles. The van der Waals surface area contributed by atoms with Gasteiger partial charge in [-0.3, -0.25) is 15.1 Å². The number of pyridine rings is 1. The van der Waals surface area contributed by atoms with E-state index in [0.29, 0.717) is 5.56 Å². The van der Waals surface area contributed by atoms with E-state index in [4.69, 9.17) is 5.26 Å². The molecular formula is C11H7N3O. The fraction of sp³-hybridized carbons (Fsp3) is 0. The van der Waals surface area contributed by atoms with E-state index < -0.39 is 5.91 Å². The molecule has 15 heavy (non-hydrogen) atoms. The maximum atomic E-state index is 11.5. The molecule has 2 aromatic rings. The first kappa shape index (κ1) is 9.16. The van der Waals surface area contributed by atoms with E-state index in [1.165, 1.54) is 0 Å². The number of nitrogens with one attached hydrogen (secondary N) is 1. The van der Waals surface area contributed by atoms with Crippen LogP contribution in [0.25, 0.3) is 10.9 Å². The summed E-state index contributed by atoms with van der Waals surface area (Å²) in [7, 11) is 0. The topological polar surface area (TPSA) is 65.8 Å². The molecule has 0 fully saturated rings. The van der Waals surface area contributed by atoms with Crippen molar-refractivity contribution in [1.82, 2.24) is 10.3 Å². The predicted molar refractivity (Wildman–Crippen MR) is 54.8 cm³/mol. The molecular weight excluding hydrogens is 190 g/mol. The molecule has 1 N–H and O–H groups in total. The standard InChI is InChI=1S/C11H7N3O/c12-7-14-11(15)9-5-6-13-10-4-2-1-3-8(9)10/h1-6H,(H,14,15). The Morgan fingerprint density at radius 2 is 2.13 bits per heavy atom. The van der Waals surface area contributed by atoms with Gasteiger partial charge >= 0.3 is 0 Å². The molecule has 0 aliphatic carbocycles. The van der Waals surface area contributed by atoms with Crippen molar-refractivity contribution in [3.05, 3.63) is 42.1 Å². The molecule has 2 rings (SSSR count). The normalized spacial score (nSPS) is 9.53. The van der Waals surface area contributed by atoms with Crippen LogP contribution in [0.4, 0.5) is 0 Å². The van der Waals surface area contributed by atoms with Crippen LogP contribution >= 0.6 is 0 Å². The molecule has 1 amide bonds.